The molecule has 0 N–H and O–H groups in total. The van der Waals surface area contributed by atoms with Crippen LogP contribution in [0.4, 0.5) is 0 Å². The summed E-state index contributed by atoms with van der Waals surface area (Å²) in [5.74, 6) is 0.294. The SMILES string of the molecule is CCOC(=O)CCc1c(C)c2ccc(OCc3ccccc3Br)cc2oc1=O. The van der Waals surface area contributed by atoms with Gasteiger partial charge in [0.05, 0.1) is 6.61 Å². The van der Waals surface area contributed by atoms with Gasteiger partial charge in [-0.1, -0.05) is 34.1 Å². The van der Waals surface area contributed by atoms with E-state index in [0.717, 1.165) is 21.0 Å². The van der Waals surface area contributed by atoms with Crippen molar-refractivity contribution in [2.45, 2.75) is 33.3 Å². The van der Waals surface area contributed by atoms with Gasteiger partial charge >= 0.3 is 11.6 Å². The van der Waals surface area contributed by atoms with Crippen LogP contribution in [0.2, 0.25) is 0 Å². The number of benzene rings is 2. The molecule has 0 aliphatic rings. The fraction of sp³-hybridized carbons (Fsp3) is 0.273. The summed E-state index contributed by atoms with van der Waals surface area (Å²) in [7, 11) is 0. The third-order valence-corrected chi connectivity index (χ3v) is 5.27. The lowest BCUT2D eigenvalue weighted by molar-refractivity contribution is -0.143. The molecule has 3 aromatic rings. The molecule has 0 bridgehead atoms. The monoisotopic (exact) mass is 444 g/mol. The van der Waals surface area contributed by atoms with Crippen LogP contribution in [-0.2, 0) is 22.6 Å². The van der Waals surface area contributed by atoms with Crippen LogP contribution in [0.3, 0.4) is 0 Å². The molecule has 0 unspecified atom stereocenters. The highest BCUT2D eigenvalue weighted by Gasteiger charge is 2.14. The molecule has 0 spiro atoms. The zero-order valence-corrected chi connectivity index (χ0v) is 17.4. The molecule has 6 heteroatoms. The van der Waals surface area contributed by atoms with Gasteiger partial charge in [0.25, 0.3) is 0 Å². The van der Waals surface area contributed by atoms with E-state index in [4.69, 9.17) is 13.9 Å². The Hall–Kier alpha value is -2.60. The summed E-state index contributed by atoms with van der Waals surface area (Å²) in [5, 5.41) is 0.826. The van der Waals surface area contributed by atoms with Gasteiger partial charge in [0.2, 0.25) is 0 Å². The van der Waals surface area contributed by atoms with E-state index in [-0.39, 0.29) is 12.4 Å². The van der Waals surface area contributed by atoms with Crippen LogP contribution in [-0.4, -0.2) is 12.6 Å². The molecule has 0 atom stereocenters. The molecule has 0 fully saturated rings. The number of halogens is 1. The van der Waals surface area contributed by atoms with E-state index in [1.807, 2.05) is 43.3 Å². The Morgan fingerprint density at radius 1 is 1.18 bits per heavy atom. The fourth-order valence-electron chi connectivity index (χ4n) is 2.99. The van der Waals surface area contributed by atoms with Gasteiger partial charge in [-0.2, -0.15) is 0 Å². The first kappa shape index (κ1) is 20.1. The minimum atomic E-state index is -0.433. The predicted molar refractivity (Wildman–Crippen MR) is 111 cm³/mol. The van der Waals surface area contributed by atoms with E-state index in [1.54, 1.807) is 13.0 Å². The molecule has 2 aromatic carbocycles. The zero-order valence-electron chi connectivity index (χ0n) is 15.8. The molecular weight excluding hydrogens is 424 g/mol. The summed E-state index contributed by atoms with van der Waals surface area (Å²) in [6.45, 7) is 4.34. The summed E-state index contributed by atoms with van der Waals surface area (Å²) in [5.41, 5.74) is 2.37. The lowest BCUT2D eigenvalue weighted by Gasteiger charge is -2.11. The van der Waals surface area contributed by atoms with E-state index in [1.165, 1.54) is 0 Å². The van der Waals surface area contributed by atoms with Crippen LogP contribution in [0.1, 0.15) is 30.0 Å². The van der Waals surface area contributed by atoms with Crippen molar-refractivity contribution in [3.05, 3.63) is 74.0 Å². The third kappa shape index (κ3) is 4.62. The highest BCUT2D eigenvalue weighted by molar-refractivity contribution is 9.10. The largest absolute Gasteiger partial charge is 0.489 e. The van der Waals surface area contributed by atoms with Gasteiger partial charge in [0.15, 0.2) is 0 Å². The number of carbonyl (C=O) groups excluding carboxylic acids is 1. The topological polar surface area (TPSA) is 65.7 Å². The number of hydrogen-bond acceptors (Lipinski definition) is 5. The summed E-state index contributed by atoms with van der Waals surface area (Å²) < 4.78 is 17.2. The second kappa shape index (κ2) is 9.06. The predicted octanol–water partition coefficient (Wildman–Crippen LogP) is 4.94. The minimum Gasteiger partial charge on any atom is -0.489 e. The Kier molecular flexibility index (Phi) is 6.52. The number of carbonyl (C=O) groups is 1. The Morgan fingerprint density at radius 2 is 1.96 bits per heavy atom. The van der Waals surface area contributed by atoms with Gasteiger partial charge in [-0.3, -0.25) is 4.79 Å². The molecule has 1 aromatic heterocycles. The molecule has 0 aliphatic carbocycles. The van der Waals surface area contributed by atoms with Crippen molar-refractivity contribution >= 4 is 32.9 Å². The van der Waals surface area contributed by atoms with Crippen molar-refractivity contribution in [3.8, 4) is 5.75 Å². The fourth-order valence-corrected chi connectivity index (χ4v) is 3.39. The molecule has 0 saturated carbocycles. The van der Waals surface area contributed by atoms with E-state index in [0.29, 0.717) is 36.5 Å². The first-order chi connectivity index (χ1) is 13.5. The number of hydrogen-bond donors (Lipinski definition) is 0. The van der Waals surface area contributed by atoms with Crippen molar-refractivity contribution in [2.75, 3.05) is 6.61 Å². The lowest BCUT2D eigenvalue weighted by atomic mass is 10.0. The van der Waals surface area contributed by atoms with E-state index < -0.39 is 5.63 Å². The average molecular weight is 445 g/mol. The van der Waals surface area contributed by atoms with E-state index in [2.05, 4.69) is 15.9 Å². The Morgan fingerprint density at radius 3 is 2.71 bits per heavy atom. The Labute approximate surface area is 171 Å². The number of fused-ring (bicyclic) bond motifs is 1. The number of esters is 1. The molecular formula is C22H21BrO5. The quantitative estimate of drug-likeness (QED) is 0.381. The van der Waals surface area contributed by atoms with Gasteiger partial charge in [-0.15, -0.1) is 0 Å². The highest BCUT2D eigenvalue weighted by Crippen LogP contribution is 2.26. The van der Waals surface area contributed by atoms with Gasteiger partial charge < -0.3 is 13.9 Å². The van der Waals surface area contributed by atoms with Gasteiger partial charge in [0.1, 0.15) is 17.9 Å². The van der Waals surface area contributed by atoms with Crippen LogP contribution in [0.5, 0.6) is 5.75 Å². The Bertz CT molecular complexity index is 1050. The maximum atomic E-state index is 12.4. The molecule has 0 amide bonds. The summed E-state index contributed by atoms with van der Waals surface area (Å²) >= 11 is 3.50. The maximum Gasteiger partial charge on any atom is 0.339 e. The first-order valence-corrected chi connectivity index (χ1v) is 9.87. The standard InChI is InChI=1S/C22H21BrO5/c1-3-26-21(24)11-10-18-14(2)17-9-8-16(12-20(17)28-22(18)25)27-13-15-6-4-5-7-19(15)23/h4-9,12H,3,10-11,13H2,1-2H3. The van der Waals surface area contributed by atoms with Crippen molar-refractivity contribution in [3.63, 3.8) is 0 Å². The second-order valence-corrected chi connectivity index (χ2v) is 7.19. The molecule has 0 radical (unpaired) electrons. The van der Waals surface area contributed by atoms with Crippen molar-refractivity contribution in [1.82, 2.24) is 0 Å². The van der Waals surface area contributed by atoms with Gasteiger partial charge in [-0.25, -0.2) is 4.79 Å². The van der Waals surface area contributed by atoms with Gasteiger partial charge in [0, 0.05) is 33.5 Å². The third-order valence-electron chi connectivity index (χ3n) is 4.50. The smallest absolute Gasteiger partial charge is 0.339 e. The summed E-state index contributed by atoms with van der Waals surface area (Å²) in [6, 6.07) is 13.3. The second-order valence-electron chi connectivity index (χ2n) is 6.34. The molecule has 3 rings (SSSR count). The van der Waals surface area contributed by atoms with Crippen molar-refractivity contribution < 1.29 is 18.7 Å². The van der Waals surface area contributed by atoms with Crippen LogP contribution < -0.4 is 10.4 Å². The van der Waals surface area contributed by atoms with Crippen molar-refractivity contribution in [2.24, 2.45) is 0 Å². The first-order valence-electron chi connectivity index (χ1n) is 9.07. The maximum absolute atomic E-state index is 12.4. The van der Waals surface area contributed by atoms with Crippen LogP contribution >= 0.6 is 15.9 Å². The lowest BCUT2D eigenvalue weighted by Crippen LogP contribution is -2.13. The summed E-state index contributed by atoms with van der Waals surface area (Å²) in [4.78, 5) is 24.0. The van der Waals surface area contributed by atoms with Crippen LogP contribution in [0.15, 0.2) is 56.1 Å². The average Bonchev–Trinajstić information content (AvgIpc) is 2.67. The van der Waals surface area contributed by atoms with Crippen LogP contribution in [0, 0.1) is 6.92 Å². The summed E-state index contributed by atoms with van der Waals surface area (Å²) in [6.07, 6.45) is 0.446. The van der Waals surface area contributed by atoms with E-state index in [9.17, 15) is 9.59 Å². The molecule has 28 heavy (non-hydrogen) atoms. The molecule has 0 aliphatic heterocycles. The normalized spacial score (nSPS) is 10.8. The number of aryl methyl sites for hydroxylation is 1. The molecule has 0 saturated heterocycles. The zero-order chi connectivity index (χ0) is 20.1. The molecule has 146 valence electrons. The number of ether oxygens (including phenoxy) is 2. The molecule has 1 heterocycles. The molecule has 5 nitrogen and oxygen atoms in total. The Balaban J connectivity index is 1.81. The minimum absolute atomic E-state index is 0.151. The highest BCUT2D eigenvalue weighted by atomic mass is 79.9. The van der Waals surface area contributed by atoms with Gasteiger partial charge in [-0.05, 0) is 44.0 Å². The number of rotatable bonds is 7. The van der Waals surface area contributed by atoms with Crippen molar-refractivity contribution in [1.29, 1.82) is 0 Å². The van der Waals surface area contributed by atoms with Crippen LogP contribution in [0.25, 0.3) is 11.0 Å². The van der Waals surface area contributed by atoms with E-state index >= 15 is 0 Å².